The molecule has 1 aliphatic heterocycles. The Balaban J connectivity index is 1.85. The Labute approximate surface area is 167 Å². The molecule has 1 heterocycles. The topological polar surface area (TPSA) is 91.8 Å². The van der Waals surface area contributed by atoms with Gasteiger partial charge in [-0.1, -0.05) is 44.2 Å². The Hall–Kier alpha value is -1.89. The van der Waals surface area contributed by atoms with Gasteiger partial charge < -0.3 is 10.0 Å². The van der Waals surface area contributed by atoms with E-state index in [4.69, 9.17) is 0 Å². The van der Waals surface area contributed by atoms with Gasteiger partial charge in [-0.25, -0.2) is 8.42 Å². The maximum Gasteiger partial charge on any atom is 0.307 e. The average Bonchev–Trinajstić information content (AvgIpc) is 2.65. The minimum Gasteiger partial charge on any atom is -0.481 e. The van der Waals surface area contributed by atoms with Crippen molar-refractivity contribution in [2.24, 2.45) is 17.8 Å². The lowest BCUT2D eigenvalue weighted by Gasteiger charge is -2.33. The molecule has 1 amide bonds. The molecule has 1 aromatic carbocycles. The second kappa shape index (κ2) is 10.0. The van der Waals surface area contributed by atoms with Crippen molar-refractivity contribution in [1.29, 1.82) is 0 Å². The molecule has 156 valence electrons. The predicted octanol–water partition coefficient (Wildman–Crippen LogP) is 2.98. The third-order valence-electron chi connectivity index (χ3n) is 5.38. The van der Waals surface area contributed by atoms with Crippen molar-refractivity contribution < 1.29 is 23.1 Å². The summed E-state index contributed by atoms with van der Waals surface area (Å²) >= 11 is 0. The number of hydrogen-bond acceptors (Lipinski definition) is 4. The number of rotatable bonds is 9. The highest BCUT2D eigenvalue weighted by atomic mass is 32.2. The van der Waals surface area contributed by atoms with E-state index in [-0.39, 0.29) is 23.3 Å². The first-order valence-electron chi connectivity index (χ1n) is 9.94. The summed E-state index contributed by atoms with van der Waals surface area (Å²) in [5.74, 6) is -1.91. The lowest BCUT2D eigenvalue weighted by molar-refractivity contribution is -0.141. The monoisotopic (exact) mass is 409 g/mol. The van der Waals surface area contributed by atoms with Gasteiger partial charge in [0, 0.05) is 19.0 Å². The van der Waals surface area contributed by atoms with Crippen molar-refractivity contribution in [2.45, 2.75) is 45.3 Å². The number of nitrogens with zero attached hydrogens (tertiary/aromatic N) is 1. The number of carboxylic acids is 1. The van der Waals surface area contributed by atoms with Crippen LogP contribution in [0.5, 0.6) is 0 Å². The normalized spacial score (nSPS) is 16.9. The first-order valence-corrected chi connectivity index (χ1v) is 11.8. The quantitative estimate of drug-likeness (QED) is 0.677. The first-order chi connectivity index (χ1) is 13.2. The average molecular weight is 410 g/mol. The van der Waals surface area contributed by atoms with Crippen LogP contribution >= 0.6 is 0 Å². The van der Waals surface area contributed by atoms with Crippen molar-refractivity contribution in [1.82, 2.24) is 4.90 Å². The van der Waals surface area contributed by atoms with Crippen molar-refractivity contribution >= 4 is 21.7 Å². The van der Waals surface area contributed by atoms with E-state index in [9.17, 15) is 23.1 Å². The van der Waals surface area contributed by atoms with Crippen molar-refractivity contribution in [2.75, 3.05) is 18.8 Å². The highest BCUT2D eigenvalue weighted by molar-refractivity contribution is 7.90. The van der Waals surface area contributed by atoms with Gasteiger partial charge in [0.25, 0.3) is 0 Å². The molecule has 0 aromatic heterocycles. The molecule has 2 rings (SSSR count). The third kappa shape index (κ3) is 6.93. The zero-order valence-corrected chi connectivity index (χ0v) is 17.5. The van der Waals surface area contributed by atoms with Gasteiger partial charge >= 0.3 is 5.97 Å². The number of hydrogen-bond donors (Lipinski definition) is 1. The van der Waals surface area contributed by atoms with E-state index in [0.29, 0.717) is 37.4 Å². The number of amides is 1. The third-order valence-corrected chi connectivity index (χ3v) is 7.06. The van der Waals surface area contributed by atoms with Gasteiger partial charge in [0.2, 0.25) is 5.91 Å². The zero-order chi connectivity index (χ0) is 20.7. The van der Waals surface area contributed by atoms with Crippen LogP contribution in [0.1, 0.15) is 45.1 Å². The molecule has 0 bridgehead atoms. The van der Waals surface area contributed by atoms with Gasteiger partial charge in [-0.3, -0.25) is 9.59 Å². The number of carbonyl (C=O) groups is 2. The summed E-state index contributed by atoms with van der Waals surface area (Å²) in [6.45, 7) is 5.18. The molecule has 0 unspecified atom stereocenters. The summed E-state index contributed by atoms with van der Waals surface area (Å²) in [7, 11) is -3.50. The van der Waals surface area contributed by atoms with Crippen LogP contribution in [0.25, 0.3) is 0 Å². The molecular weight excluding hydrogens is 378 g/mol. The lowest BCUT2D eigenvalue weighted by Crippen LogP contribution is -2.40. The summed E-state index contributed by atoms with van der Waals surface area (Å²) in [6, 6.07) is 8.83. The number of piperidine rings is 1. The molecule has 1 aliphatic rings. The van der Waals surface area contributed by atoms with Crippen LogP contribution in [-0.4, -0.2) is 49.1 Å². The molecule has 1 saturated heterocycles. The number of carbonyl (C=O) groups excluding carboxylic acids is 1. The molecule has 1 aromatic rings. The molecule has 1 N–H and O–H groups in total. The number of likely N-dealkylation sites (tertiary alicyclic amines) is 1. The van der Waals surface area contributed by atoms with Crippen molar-refractivity contribution in [3.8, 4) is 0 Å². The highest BCUT2D eigenvalue weighted by Gasteiger charge is 2.28. The minimum atomic E-state index is -3.50. The Morgan fingerprint density at radius 3 is 2.29 bits per heavy atom. The highest BCUT2D eigenvalue weighted by Crippen LogP contribution is 2.26. The van der Waals surface area contributed by atoms with Gasteiger partial charge in [-0.2, -0.15) is 0 Å². The van der Waals surface area contributed by atoms with E-state index in [1.807, 2.05) is 24.8 Å². The molecular formula is C21H31NO5S. The number of carboxylic acid groups (broad SMARTS) is 1. The predicted molar refractivity (Wildman–Crippen MR) is 108 cm³/mol. The summed E-state index contributed by atoms with van der Waals surface area (Å²) in [4.78, 5) is 25.5. The maximum atomic E-state index is 12.4. The summed E-state index contributed by atoms with van der Waals surface area (Å²) in [6.07, 6.45) is 2.73. The smallest absolute Gasteiger partial charge is 0.307 e. The standard InChI is InChI=1S/C21H31NO5S/c1-16(2)20(23)22-12-10-17(11-13-22)8-9-19(21(24)25)15-28(26,27)14-18-6-4-3-5-7-18/h3-7,16-17,19H,8-15H2,1-2H3,(H,24,25)/t19-/m0/s1. The molecule has 28 heavy (non-hydrogen) atoms. The molecule has 0 aliphatic carbocycles. The van der Waals surface area contributed by atoms with Gasteiger partial charge in [0.05, 0.1) is 17.4 Å². The Kier molecular flexibility index (Phi) is 8.04. The Morgan fingerprint density at radius 1 is 1.14 bits per heavy atom. The van der Waals surface area contributed by atoms with E-state index in [1.165, 1.54) is 0 Å². The van der Waals surface area contributed by atoms with Gasteiger partial charge in [0.1, 0.15) is 0 Å². The fourth-order valence-electron chi connectivity index (χ4n) is 3.72. The van der Waals surface area contributed by atoms with Crippen LogP contribution in [0.4, 0.5) is 0 Å². The molecule has 7 heteroatoms. The van der Waals surface area contributed by atoms with Gasteiger partial charge in [-0.15, -0.1) is 0 Å². The van der Waals surface area contributed by atoms with Crippen LogP contribution in [0, 0.1) is 17.8 Å². The largest absolute Gasteiger partial charge is 0.481 e. The van der Waals surface area contributed by atoms with E-state index < -0.39 is 21.7 Å². The van der Waals surface area contributed by atoms with Crippen LogP contribution in [0.3, 0.4) is 0 Å². The molecule has 0 spiro atoms. The van der Waals surface area contributed by atoms with Crippen LogP contribution in [0.2, 0.25) is 0 Å². The van der Waals surface area contributed by atoms with E-state index in [1.54, 1.807) is 24.3 Å². The fraction of sp³-hybridized carbons (Fsp3) is 0.619. The summed E-state index contributed by atoms with van der Waals surface area (Å²) in [5.41, 5.74) is 0.675. The molecule has 0 saturated carbocycles. The van der Waals surface area contributed by atoms with Gasteiger partial charge in [0.15, 0.2) is 9.84 Å². The van der Waals surface area contributed by atoms with E-state index in [0.717, 1.165) is 12.8 Å². The first kappa shape index (κ1) is 22.4. The minimum absolute atomic E-state index is 0.0113. The Bertz CT molecular complexity index is 752. The van der Waals surface area contributed by atoms with Crippen LogP contribution < -0.4 is 0 Å². The second-order valence-electron chi connectivity index (χ2n) is 8.08. The zero-order valence-electron chi connectivity index (χ0n) is 16.7. The lowest BCUT2D eigenvalue weighted by atomic mass is 9.89. The van der Waals surface area contributed by atoms with E-state index >= 15 is 0 Å². The van der Waals surface area contributed by atoms with Crippen LogP contribution in [-0.2, 0) is 25.2 Å². The van der Waals surface area contributed by atoms with Gasteiger partial charge in [-0.05, 0) is 37.2 Å². The van der Waals surface area contributed by atoms with Crippen LogP contribution in [0.15, 0.2) is 30.3 Å². The molecule has 1 atom stereocenters. The Morgan fingerprint density at radius 2 is 1.75 bits per heavy atom. The molecule has 0 radical (unpaired) electrons. The van der Waals surface area contributed by atoms with Crippen molar-refractivity contribution in [3.05, 3.63) is 35.9 Å². The number of aliphatic carboxylic acids is 1. The summed E-state index contributed by atoms with van der Waals surface area (Å²) in [5, 5.41) is 9.49. The number of sulfone groups is 1. The second-order valence-corrected chi connectivity index (χ2v) is 10.2. The summed E-state index contributed by atoms with van der Waals surface area (Å²) < 4.78 is 24.9. The molecule has 1 fully saturated rings. The molecule has 6 nitrogen and oxygen atoms in total. The van der Waals surface area contributed by atoms with E-state index in [2.05, 4.69) is 0 Å². The number of benzene rings is 1. The SMILES string of the molecule is CC(C)C(=O)N1CCC(CC[C@@H](CS(=O)(=O)Cc2ccccc2)C(=O)O)CC1. The fourth-order valence-corrected chi connectivity index (χ4v) is 5.46. The van der Waals surface area contributed by atoms with Crippen molar-refractivity contribution in [3.63, 3.8) is 0 Å². The maximum absolute atomic E-state index is 12.4.